The molecule has 2 rings (SSSR count). The van der Waals surface area contributed by atoms with Gasteiger partial charge in [-0.05, 0) is 39.3 Å². The Morgan fingerprint density at radius 1 is 1.42 bits per heavy atom. The van der Waals surface area contributed by atoms with Crippen LogP contribution in [0.1, 0.15) is 47.7 Å². The number of aromatic carboxylic acids is 1. The predicted molar refractivity (Wildman–Crippen MR) is 71.8 cm³/mol. The second kappa shape index (κ2) is 4.85. The zero-order chi connectivity index (χ0) is 14.2. The average Bonchev–Trinajstić information content (AvgIpc) is 2.82. The van der Waals surface area contributed by atoms with Crippen molar-refractivity contribution in [1.29, 1.82) is 0 Å². The topological polar surface area (TPSA) is 75.6 Å². The maximum atomic E-state index is 11.6. The van der Waals surface area contributed by atoms with Crippen LogP contribution in [0.3, 0.4) is 0 Å². The number of ether oxygens (including phenoxy) is 1. The van der Waals surface area contributed by atoms with Crippen molar-refractivity contribution >= 4 is 23.4 Å². The van der Waals surface area contributed by atoms with Crippen LogP contribution in [-0.4, -0.2) is 28.8 Å². The molecule has 0 saturated heterocycles. The van der Waals surface area contributed by atoms with Crippen LogP contribution < -0.4 is 5.32 Å². The van der Waals surface area contributed by atoms with Crippen molar-refractivity contribution in [2.24, 2.45) is 0 Å². The summed E-state index contributed by atoms with van der Waals surface area (Å²) >= 11 is 1.26. The van der Waals surface area contributed by atoms with E-state index in [1.165, 1.54) is 11.3 Å². The standard InChI is InChI=1S/C13H17NO4S/c1-13(2,3)18-12(17)14-8-6-7(8)9-4-5-10(19-9)11(15)16/h4-5,7-8H,6H2,1-3H3,(H,14,17)(H,15,16)/t7-,8-/m1/s1. The summed E-state index contributed by atoms with van der Waals surface area (Å²) in [7, 11) is 0. The zero-order valence-corrected chi connectivity index (χ0v) is 11.9. The van der Waals surface area contributed by atoms with E-state index in [0.717, 1.165) is 11.3 Å². The van der Waals surface area contributed by atoms with Gasteiger partial charge in [0.25, 0.3) is 0 Å². The Morgan fingerprint density at radius 3 is 2.63 bits per heavy atom. The molecule has 0 bridgehead atoms. The molecule has 1 aliphatic rings. The minimum atomic E-state index is -0.909. The Balaban J connectivity index is 1.87. The zero-order valence-electron chi connectivity index (χ0n) is 11.1. The summed E-state index contributed by atoms with van der Waals surface area (Å²) in [4.78, 5) is 23.7. The number of nitrogens with one attached hydrogen (secondary N) is 1. The second-order valence-corrected chi connectivity index (χ2v) is 6.72. The highest BCUT2D eigenvalue weighted by atomic mass is 32.1. The average molecular weight is 283 g/mol. The van der Waals surface area contributed by atoms with Gasteiger partial charge < -0.3 is 15.2 Å². The Bertz CT molecular complexity index is 503. The van der Waals surface area contributed by atoms with Crippen molar-refractivity contribution in [3.63, 3.8) is 0 Å². The van der Waals surface area contributed by atoms with E-state index in [1.807, 2.05) is 26.8 Å². The smallest absolute Gasteiger partial charge is 0.407 e. The number of hydrogen-bond donors (Lipinski definition) is 2. The van der Waals surface area contributed by atoms with Gasteiger partial charge in [-0.1, -0.05) is 0 Å². The molecule has 1 aromatic heterocycles. The van der Waals surface area contributed by atoms with E-state index in [1.54, 1.807) is 6.07 Å². The fourth-order valence-electron chi connectivity index (χ4n) is 1.79. The maximum Gasteiger partial charge on any atom is 0.407 e. The van der Waals surface area contributed by atoms with Crippen LogP contribution in [0.4, 0.5) is 4.79 Å². The molecule has 0 spiro atoms. The van der Waals surface area contributed by atoms with Crippen LogP contribution >= 0.6 is 11.3 Å². The van der Waals surface area contributed by atoms with E-state index in [2.05, 4.69) is 5.32 Å². The first-order chi connectivity index (χ1) is 8.76. The molecule has 5 nitrogen and oxygen atoms in total. The van der Waals surface area contributed by atoms with E-state index in [-0.39, 0.29) is 12.0 Å². The van der Waals surface area contributed by atoms with Crippen LogP contribution in [0.25, 0.3) is 0 Å². The van der Waals surface area contributed by atoms with Crippen LogP contribution in [0.2, 0.25) is 0 Å². The van der Waals surface area contributed by atoms with Gasteiger partial charge in [0.2, 0.25) is 0 Å². The van der Waals surface area contributed by atoms with Gasteiger partial charge in [-0.15, -0.1) is 11.3 Å². The van der Waals surface area contributed by atoms with E-state index in [4.69, 9.17) is 9.84 Å². The number of amides is 1. The third-order valence-corrected chi connectivity index (χ3v) is 3.90. The third-order valence-electron chi connectivity index (χ3n) is 2.70. The molecule has 1 saturated carbocycles. The highest BCUT2D eigenvalue weighted by Gasteiger charge is 2.41. The van der Waals surface area contributed by atoms with Crippen molar-refractivity contribution in [2.75, 3.05) is 0 Å². The van der Waals surface area contributed by atoms with Gasteiger partial charge in [-0.3, -0.25) is 0 Å². The number of rotatable bonds is 3. The van der Waals surface area contributed by atoms with Crippen molar-refractivity contribution in [3.8, 4) is 0 Å². The number of carbonyl (C=O) groups excluding carboxylic acids is 1. The maximum absolute atomic E-state index is 11.6. The summed E-state index contributed by atoms with van der Waals surface area (Å²) in [5, 5.41) is 11.7. The van der Waals surface area contributed by atoms with Gasteiger partial charge in [0.1, 0.15) is 10.5 Å². The molecule has 1 fully saturated rings. The van der Waals surface area contributed by atoms with Crippen LogP contribution in [-0.2, 0) is 4.74 Å². The fourth-order valence-corrected chi connectivity index (χ4v) is 2.82. The normalized spacial score (nSPS) is 21.8. The summed E-state index contributed by atoms with van der Waals surface area (Å²) in [5.74, 6) is -0.695. The largest absolute Gasteiger partial charge is 0.477 e. The summed E-state index contributed by atoms with van der Waals surface area (Å²) in [5.41, 5.74) is -0.506. The van der Waals surface area contributed by atoms with Gasteiger partial charge in [0.15, 0.2) is 0 Å². The predicted octanol–water partition coefficient (Wildman–Crippen LogP) is 2.83. The molecule has 2 N–H and O–H groups in total. The first kappa shape index (κ1) is 13.9. The second-order valence-electron chi connectivity index (χ2n) is 5.60. The van der Waals surface area contributed by atoms with E-state index < -0.39 is 17.7 Å². The number of thiophene rings is 1. The number of hydrogen-bond acceptors (Lipinski definition) is 4. The molecule has 1 aliphatic carbocycles. The van der Waals surface area contributed by atoms with Gasteiger partial charge in [-0.2, -0.15) is 0 Å². The molecule has 1 heterocycles. The molecule has 0 aliphatic heterocycles. The van der Waals surface area contributed by atoms with Gasteiger partial charge in [-0.25, -0.2) is 9.59 Å². The lowest BCUT2D eigenvalue weighted by atomic mass is 10.2. The van der Waals surface area contributed by atoms with Gasteiger partial charge in [0, 0.05) is 16.8 Å². The Hall–Kier alpha value is -1.56. The Labute approximate surface area is 115 Å². The highest BCUT2D eigenvalue weighted by Crippen LogP contribution is 2.43. The summed E-state index contributed by atoms with van der Waals surface area (Å²) in [6.45, 7) is 5.44. The molecular weight excluding hydrogens is 266 g/mol. The first-order valence-electron chi connectivity index (χ1n) is 6.09. The van der Waals surface area contributed by atoms with Crippen molar-refractivity contribution in [1.82, 2.24) is 5.32 Å². The van der Waals surface area contributed by atoms with E-state index in [0.29, 0.717) is 4.88 Å². The molecule has 0 unspecified atom stereocenters. The first-order valence-corrected chi connectivity index (χ1v) is 6.90. The quantitative estimate of drug-likeness (QED) is 0.894. The van der Waals surface area contributed by atoms with Crippen LogP contribution in [0.5, 0.6) is 0 Å². The van der Waals surface area contributed by atoms with Gasteiger partial charge in [0.05, 0.1) is 0 Å². The SMILES string of the molecule is CC(C)(C)OC(=O)N[C@@H]1C[C@H]1c1ccc(C(=O)O)s1. The molecule has 0 aromatic carbocycles. The minimum absolute atomic E-state index is 0.0511. The third kappa shape index (κ3) is 3.70. The number of carbonyl (C=O) groups is 2. The number of carboxylic acid groups (broad SMARTS) is 1. The fraction of sp³-hybridized carbons (Fsp3) is 0.538. The lowest BCUT2D eigenvalue weighted by Gasteiger charge is -2.19. The summed E-state index contributed by atoms with van der Waals surface area (Å²) in [6, 6.07) is 3.47. The highest BCUT2D eigenvalue weighted by molar-refractivity contribution is 7.14. The molecule has 19 heavy (non-hydrogen) atoms. The van der Waals surface area contributed by atoms with Crippen LogP contribution in [0, 0.1) is 0 Å². The van der Waals surface area contributed by atoms with Gasteiger partial charge >= 0.3 is 12.1 Å². The van der Waals surface area contributed by atoms with E-state index in [9.17, 15) is 9.59 Å². The number of alkyl carbamates (subject to hydrolysis) is 1. The molecule has 0 radical (unpaired) electrons. The molecular formula is C13H17NO4S. The lowest BCUT2D eigenvalue weighted by Crippen LogP contribution is -2.34. The van der Waals surface area contributed by atoms with Crippen molar-refractivity contribution in [2.45, 2.75) is 44.8 Å². The molecule has 6 heteroatoms. The molecule has 1 aromatic rings. The monoisotopic (exact) mass is 283 g/mol. The minimum Gasteiger partial charge on any atom is -0.477 e. The lowest BCUT2D eigenvalue weighted by molar-refractivity contribution is 0.0522. The van der Waals surface area contributed by atoms with E-state index >= 15 is 0 Å². The molecule has 2 atom stereocenters. The molecule has 1 amide bonds. The number of carboxylic acids is 1. The summed E-state index contributed by atoms with van der Waals surface area (Å²) < 4.78 is 5.18. The summed E-state index contributed by atoms with van der Waals surface area (Å²) in [6.07, 6.45) is 0.411. The van der Waals surface area contributed by atoms with Crippen LogP contribution in [0.15, 0.2) is 12.1 Å². The van der Waals surface area contributed by atoms with Crippen molar-refractivity contribution in [3.05, 3.63) is 21.9 Å². The van der Waals surface area contributed by atoms with Crippen molar-refractivity contribution < 1.29 is 19.4 Å². The molecule has 104 valence electrons. The Kier molecular flexibility index (Phi) is 3.54. The Morgan fingerprint density at radius 2 is 2.11 bits per heavy atom.